The van der Waals surface area contributed by atoms with Crippen molar-refractivity contribution in [1.82, 2.24) is 5.32 Å². The molecule has 0 amide bonds. The van der Waals surface area contributed by atoms with E-state index in [1.165, 1.54) is 12.2 Å². The molecule has 1 aliphatic heterocycles. The first-order chi connectivity index (χ1) is 5.36. The molecule has 0 aromatic rings. The lowest BCUT2D eigenvalue weighted by atomic mass is 10.3. The highest BCUT2D eigenvalue weighted by atomic mass is 32.2. The van der Waals surface area contributed by atoms with Gasteiger partial charge in [-0.2, -0.15) is 11.8 Å². The fourth-order valence-electron chi connectivity index (χ4n) is 0.968. The molecule has 0 bridgehead atoms. The van der Waals surface area contributed by atoms with Gasteiger partial charge in [0.15, 0.2) is 0 Å². The van der Waals surface area contributed by atoms with Gasteiger partial charge in [-0.3, -0.25) is 0 Å². The van der Waals surface area contributed by atoms with Gasteiger partial charge in [0, 0.05) is 11.8 Å². The molecule has 0 aromatic carbocycles. The summed E-state index contributed by atoms with van der Waals surface area (Å²) in [5.74, 6) is 1.22. The summed E-state index contributed by atoms with van der Waals surface area (Å²) in [4.78, 5) is 0. The van der Waals surface area contributed by atoms with Crippen molar-refractivity contribution in [1.29, 1.82) is 0 Å². The molecular weight excluding hydrogens is 158 g/mol. The molecule has 2 nitrogen and oxygen atoms in total. The van der Waals surface area contributed by atoms with Crippen LogP contribution in [-0.4, -0.2) is 37.3 Å². The standard InChI is InChI=1S/C8H17NOS/c1-3-7(9-2)6-11-8-4-10-5-8/h7-9H,3-6H2,1-2H3. The van der Waals surface area contributed by atoms with Gasteiger partial charge in [-0.15, -0.1) is 0 Å². The average Bonchev–Trinajstić information content (AvgIpc) is 1.95. The van der Waals surface area contributed by atoms with Crippen LogP contribution in [0.5, 0.6) is 0 Å². The lowest BCUT2D eigenvalue weighted by Gasteiger charge is -2.26. The SMILES string of the molecule is CCC(CSC1COC1)NC. The fraction of sp³-hybridized carbons (Fsp3) is 1.00. The van der Waals surface area contributed by atoms with Gasteiger partial charge in [-0.25, -0.2) is 0 Å². The van der Waals surface area contributed by atoms with Gasteiger partial charge >= 0.3 is 0 Å². The van der Waals surface area contributed by atoms with Crippen LogP contribution in [0.2, 0.25) is 0 Å². The van der Waals surface area contributed by atoms with Crippen LogP contribution in [0.4, 0.5) is 0 Å². The molecular formula is C8H17NOS. The Bertz CT molecular complexity index is 102. The molecule has 1 fully saturated rings. The van der Waals surface area contributed by atoms with E-state index in [0.29, 0.717) is 6.04 Å². The van der Waals surface area contributed by atoms with Gasteiger partial charge in [0.1, 0.15) is 0 Å². The first-order valence-corrected chi connectivity index (χ1v) is 5.28. The lowest BCUT2D eigenvalue weighted by Crippen LogP contribution is -2.34. The van der Waals surface area contributed by atoms with Crippen LogP contribution < -0.4 is 5.32 Å². The molecule has 1 N–H and O–H groups in total. The molecule has 0 aromatic heterocycles. The number of hydrogen-bond acceptors (Lipinski definition) is 3. The molecule has 66 valence electrons. The normalized spacial score (nSPS) is 21.3. The number of hydrogen-bond donors (Lipinski definition) is 1. The molecule has 1 atom stereocenters. The van der Waals surface area contributed by atoms with Gasteiger partial charge < -0.3 is 10.1 Å². The summed E-state index contributed by atoms with van der Waals surface area (Å²) in [5, 5.41) is 4.07. The maximum absolute atomic E-state index is 5.09. The van der Waals surface area contributed by atoms with Crippen LogP contribution in [0.25, 0.3) is 0 Å². The predicted octanol–water partition coefficient (Wildman–Crippen LogP) is 1.12. The molecule has 11 heavy (non-hydrogen) atoms. The minimum atomic E-state index is 0.681. The summed E-state index contributed by atoms with van der Waals surface area (Å²) in [6.07, 6.45) is 1.22. The number of nitrogens with one attached hydrogen (secondary N) is 1. The van der Waals surface area contributed by atoms with E-state index in [0.717, 1.165) is 18.5 Å². The second kappa shape index (κ2) is 5.01. The maximum atomic E-state index is 5.09. The minimum absolute atomic E-state index is 0.681. The van der Waals surface area contributed by atoms with E-state index in [1.807, 2.05) is 18.8 Å². The third kappa shape index (κ3) is 3.01. The van der Waals surface area contributed by atoms with Crippen LogP contribution in [0.3, 0.4) is 0 Å². The zero-order valence-electron chi connectivity index (χ0n) is 7.30. The van der Waals surface area contributed by atoms with E-state index in [4.69, 9.17) is 4.74 Å². The van der Waals surface area contributed by atoms with Crippen molar-refractivity contribution in [3.63, 3.8) is 0 Å². The van der Waals surface area contributed by atoms with Crippen molar-refractivity contribution in [2.24, 2.45) is 0 Å². The van der Waals surface area contributed by atoms with Gasteiger partial charge in [0.25, 0.3) is 0 Å². The maximum Gasteiger partial charge on any atom is 0.0607 e. The summed E-state index contributed by atoms with van der Waals surface area (Å²) in [5.41, 5.74) is 0. The zero-order valence-corrected chi connectivity index (χ0v) is 8.12. The Morgan fingerprint density at radius 2 is 2.36 bits per heavy atom. The number of rotatable bonds is 5. The Balaban J connectivity index is 1.99. The van der Waals surface area contributed by atoms with E-state index in [1.54, 1.807) is 0 Å². The molecule has 0 saturated carbocycles. The Morgan fingerprint density at radius 3 is 2.73 bits per heavy atom. The highest BCUT2D eigenvalue weighted by molar-refractivity contribution is 8.00. The largest absolute Gasteiger partial charge is 0.379 e. The number of ether oxygens (including phenoxy) is 1. The summed E-state index contributed by atoms with van der Waals surface area (Å²) in [6, 6.07) is 0.681. The van der Waals surface area contributed by atoms with Crippen LogP contribution in [0.1, 0.15) is 13.3 Å². The molecule has 0 spiro atoms. The Kier molecular flexibility index (Phi) is 4.26. The highest BCUT2D eigenvalue weighted by Gasteiger charge is 2.19. The van der Waals surface area contributed by atoms with Crippen molar-refractivity contribution in [3.05, 3.63) is 0 Å². The lowest BCUT2D eigenvalue weighted by molar-refractivity contribution is 0.0455. The first-order valence-electron chi connectivity index (χ1n) is 4.23. The van der Waals surface area contributed by atoms with Crippen LogP contribution in [0, 0.1) is 0 Å². The van der Waals surface area contributed by atoms with Crippen molar-refractivity contribution >= 4 is 11.8 Å². The third-order valence-electron chi connectivity index (χ3n) is 2.04. The second-order valence-electron chi connectivity index (χ2n) is 2.89. The van der Waals surface area contributed by atoms with E-state index >= 15 is 0 Å². The molecule has 1 rings (SSSR count). The predicted molar refractivity (Wildman–Crippen MR) is 50.2 cm³/mol. The quantitative estimate of drug-likeness (QED) is 0.676. The Hall–Kier alpha value is 0.270. The Labute approximate surface area is 73.1 Å². The van der Waals surface area contributed by atoms with Crippen molar-refractivity contribution in [2.75, 3.05) is 26.0 Å². The molecule has 0 aliphatic carbocycles. The molecule has 3 heteroatoms. The fourth-order valence-corrected chi connectivity index (χ4v) is 2.26. The number of thioether (sulfide) groups is 1. The summed E-state index contributed by atoms with van der Waals surface area (Å²) in [7, 11) is 2.03. The topological polar surface area (TPSA) is 21.3 Å². The summed E-state index contributed by atoms with van der Waals surface area (Å²) >= 11 is 2.03. The molecule has 1 saturated heterocycles. The third-order valence-corrected chi connectivity index (χ3v) is 3.38. The molecule has 1 heterocycles. The summed E-state index contributed by atoms with van der Waals surface area (Å²) in [6.45, 7) is 4.15. The monoisotopic (exact) mass is 175 g/mol. The summed E-state index contributed by atoms with van der Waals surface area (Å²) < 4.78 is 5.09. The van der Waals surface area contributed by atoms with Crippen molar-refractivity contribution in [2.45, 2.75) is 24.6 Å². The van der Waals surface area contributed by atoms with Gasteiger partial charge in [0.05, 0.1) is 18.5 Å². The van der Waals surface area contributed by atoms with E-state index in [2.05, 4.69) is 12.2 Å². The Morgan fingerprint density at radius 1 is 1.64 bits per heavy atom. The van der Waals surface area contributed by atoms with E-state index in [-0.39, 0.29) is 0 Å². The smallest absolute Gasteiger partial charge is 0.0607 e. The van der Waals surface area contributed by atoms with Gasteiger partial charge in [-0.1, -0.05) is 6.92 Å². The van der Waals surface area contributed by atoms with Gasteiger partial charge in [0.2, 0.25) is 0 Å². The molecule has 1 aliphatic rings. The van der Waals surface area contributed by atoms with Crippen LogP contribution in [-0.2, 0) is 4.74 Å². The van der Waals surface area contributed by atoms with Gasteiger partial charge in [-0.05, 0) is 13.5 Å². The highest BCUT2D eigenvalue weighted by Crippen LogP contribution is 2.19. The first kappa shape index (κ1) is 9.36. The van der Waals surface area contributed by atoms with Crippen molar-refractivity contribution in [3.8, 4) is 0 Å². The molecule has 1 unspecified atom stereocenters. The minimum Gasteiger partial charge on any atom is -0.379 e. The van der Waals surface area contributed by atoms with E-state index in [9.17, 15) is 0 Å². The zero-order chi connectivity index (χ0) is 8.10. The average molecular weight is 175 g/mol. The van der Waals surface area contributed by atoms with E-state index < -0.39 is 0 Å². The molecule has 0 radical (unpaired) electrons. The second-order valence-corrected chi connectivity index (χ2v) is 4.22. The van der Waals surface area contributed by atoms with Crippen LogP contribution >= 0.6 is 11.8 Å². The van der Waals surface area contributed by atoms with Crippen LogP contribution in [0.15, 0.2) is 0 Å². The van der Waals surface area contributed by atoms with Crippen molar-refractivity contribution < 1.29 is 4.74 Å².